The molecule has 1 aromatic carbocycles. The van der Waals surface area contributed by atoms with Crippen LogP contribution in [-0.4, -0.2) is 29.6 Å². The van der Waals surface area contributed by atoms with Crippen molar-refractivity contribution in [3.63, 3.8) is 0 Å². The number of carbonyl (C=O) groups excluding carboxylic acids is 1. The number of carbonyl (C=O) groups is 1. The maximum Gasteiger partial charge on any atom is 0.260 e. The molecule has 2 rings (SSSR count). The fraction of sp³-hybridized carbons (Fsp3) is 0.500. The molecule has 1 aliphatic rings. The quantitative estimate of drug-likeness (QED) is 0.893. The zero-order valence-electron chi connectivity index (χ0n) is 11.2. The highest BCUT2D eigenvalue weighted by atomic mass is 79.9. The normalized spacial score (nSPS) is 17.6. The molecule has 1 unspecified atom stereocenters. The Morgan fingerprint density at radius 3 is 2.85 bits per heavy atom. The number of hydrogen-bond acceptors (Lipinski definition) is 3. The molecule has 0 radical (unpaired) electrons. The molecule has 1 fully saturated rings. The first-order valence-electron chi connectivity index (χ1n) is 6.56. The van der Waals surface area contributed by atoms with Crippen LogP contribution in [0.15, 0.2) is 22.7 Å². The lowest BCUT2D eigenvalue weighted by Crippen LogP contribution is -2.43. The standard InChI is InChI=1S/C14H17BrFNO2S/c1-9(14(18)17-11-4-6-20-7-5-11)19-13-3-2-10(16)8-12(13)15/h2-3,8-9,11H,4-7H2,1H3,(H,17,18). The minimum absolute atomic E-state index is 0.127. The molecule has 1 aliphatic heterocycles. The fourth-order valence-electron chi connectivity index (χ4n) is 1.98. The molecule has 0 aliphatic carbocycles. The minimum Gasteiger partial charge on any atom is -0.480 e. The Morgan fingerprint density at radius 1 is 1.50 bits per heavy atom. The lowest BCUT2D eigenvalue weighted by Gasteiger charge is -2.24. The van der Waals surface area contributed by atoms with E-state index in [2.05, 4.69) is 21.2 Å². The number of hydrogen-bond donors (Lipinski definition) is 1. The number of halogens is 2. The van der Waals surface area contributed by atoms with Gasteiger partial charge in [0.15, 0.2) is 6.10 Å². The molecule has 6 heteroatoms. The largest absolute Gasteiger partial charge is 0.480 e. The monoisotopic (exact) mass is 361 g/mol. The van der Waals surface area contributed by atoms with Gasteiger partial charge < -0.3 is 10.1 Å². The van der Waals surface area contributed by atoms with Crippen molar-refractivity contribution in [3.8, 4) is 5.75 Å². The van der Waals surface area contributed by atoms with Crippen LogP contribution >= 0.6 is 27.7 Å². The Balaban J connectivity index is 1.89. The zero-order valence-corrected chi connectivity index (χ0v) is 13.6. The van der Waals surface area contributed by atoms with E-state index in [0.717, 1.165) is 24.3 Å². The van der Waals surface area contributed by atoms with E-state index in [1.54, 1.807) is 6.92 Å². The molecular formula is C14H17BrFNO2S. The van der Waals surface area contributed by atoms with E-state index in [0.29, 0.717) is 10.2 Å². The summed E-state index contributed by atoms with van der Waals surface area (Å²) in [6.07, 6.45) is 1.40. The summed E-state index contributed by atoms with van der Waals surface area (Å²) in [4.78, 5) is 12.1. The van der Waals surface area contributed by atoms with E-state index < -0.39 is 6.10 Å². The minimum atomic E-state index is -0.605. The molecule has 1 saturated heterocycles. The van der Waals surface area contributed by atoms with Crippen molar-refractivity contribution in [1.82, 2.24) is 5.32 Å². The molecule has 0 aromatic heterocycles. The Labute approximate surface area is 130 Å². The number of amides is 1. The number of ether oxygens (including phenoxy) is 1. The van der Waals surface area contributed by atoms with Crippen molar-refractivity contribution < 1.29 is 13.9 Å². The molecule has 1 amide bonds. The lowest BCUT2D eigenvalue weighted by atomic mass is 10.1. The van der Waals surface area contributed by atoms with Gasteiger partial charge in [0.05, 0.1) is 4.47 Å². The van der Waals surface area contributed by atoms with Crippen LogP contribution < -0.4 is 10.1 Å². The average molecular weight is 362 g/mol. The van der Waals surface area contributed by atoms with E-state index in [1.807, 2.05) is 11.8 Å². The van der Waals surface area contributed by atoms with Gasteiger partial charge in [-0.2, -0.15) is 11.8 Å². The smallest absolute Gasteiger partial charge is 0.260 e. The van der Waals surface area contributed by atoms with E-state index >= 15 is 0 Å². The van der Waals surface area contributed by atoms with Crippen molar-refractivity contribution in [2.75, 3.05) is 11.5 Å². The van der Waals surface area contributed by atoms with Crippen molar-refractivity contribution in [3.05, 3.63) is 28.5 Å². The van der Waals surface area contributed by atoms with Gasteiger partial charge in [0, 0.05) is 6.04 Å². The maximum atomic E-state index is 13.0. The van der Waals surface area contributed by atoms with Gasteiger partial charge in [0.25, 0.3) is 5.91 Å². The summed E-state index contributed by atoms with van der Waals surface area (Å²) >= 11 is 5.14. The van der Waals surface area contributed by atoms with Gasteiger partial charge in [0.1, 0.15) is 11.6 Å². The molecule has 110 valence electrons. The van der Waals surface area contributed by atoms with Crippen LogP contribution in [0.25, 0.3) is 0 Å². The van der Waals surface area contributed by atoms with Gasteiger partial charge in [-0.1, -0.05) is 0 Å². The summed E-state index contributed by atoms with van der Waals surface area (Å²) in [5.74, 6) is 2.17. The van der Waals surface area contributed by atoms with Crippen LogP contribution in [0.2, 0.25) is 0 Å². The van der Waals surface area contributed by atoms with Crippen LogP contribution in [0.3, 0.4) is 0 Å². The summed E-state index contributed by atoms with van der Waals surface area (Å²) in [5.41, 5.74) is 0. The molecule has 1 aromatic rings. The van der Waals surface area contributed by atoms with Crippen molar-refractivity contribution in [1.29, 1.82) is 0 Å². The van der Waals surface area contributed by atoms with Crippen LogP contribution in [0.5, 0.6) is 5.75 Å². The topological polar surface area (TPSA) is 38.3 Å². The molecule has 0 spiro atoms. The van der Waals surface area contributed by atoms with Crippen LogP contribution in [0.4, 0.5) is 4.39 Å². The Kier molecular flexibility index (Phi) is 5.72. The van der Waals surface area contributed by atoms with E-state index in [-0.39, 0.29) is 17.8 Å². The second-order valence-electron chi connectivity index (χ2n) is 4.73. The van der Waals surface area contributed by atoms with Crippen molar-refractivity contribution in [2.24, 2.45) is 0 Å². The first-order valence-corrected chi connectivity index (χ1v) is 8.51. The molecule has 1 N–H and O–H groups in total. The second-order valence-corrected chi connectivity index (χ2v) is 6.81. The molecule has 0 bridgehead atoms. The third kappa shape index (κ3) is 4.38. The predicted octanol–water partition coefficient (Wildman–Crippen LogP) is 3.37. The fourth-order valence-corrected chi connectivity index (χ4v) is 3.53. The van der Waals surface area contributed by atoms with E-state index in [9.17, 15) is 9.18 Å². The van der Waals surface area contributed by atoms with E-state index in [1.165, 1.54) is 18.2 Å². The van der Waals surface area contributed by atoms with Crippen LogP contribution in [-0.2, 0) is 4.79 Å². The van der Waals surface area contributed by atoms with Crippen molar-refractivity contribution >= 4 is 33.6 Å². The average Bonchev–Trinajstić information content (AvgIpc) is 2.43. The summed E-state index contributed by atoms with van der Waals surface area (Å²) in [6, 6.07) is 4.38. The van der Waals surface area contributed by atoms with Gasteiger partial charge >= 0.3 is 0 Å². The van der Waals surface area contributed by atoms with E-state index in [4.69, 9.17) is 4.74 Å². The molecular weight excluding hydrogens is 345 g/mol. The number of nitrogens with one attached hydrogen (secondary N) is 1. The number of thioether (sulfide) groups is 1. The first kappa shape index (κ1) is 15.6. The summed E-state index contributed by atoms with van der Waals surface area (Å²) in [7, 11) is 0. The summed E-state index contributed by atoms with van der Waals surface area (Å²) in [6.45, 7) is 1.70. The zero-order chi connectivity index (χ0) is 14.5. The SMILES string of the molecule is CC(Oc1ccc(F)cc1Br)C(=O)NC1CCSCC1. The first-order chi connectivity index (χ1) is 9.56. The molecule has 20 heavy (non-hydrogen) atoms. The highest BCUT2D eigenvalue weighted by molar-refractivity contribution is 9.10. The maximum absolute atomic E-state index is 13.0. The van der Waals surface area contributed by atoms with Gasteiger partial charge in [-0.3, -0.25) is 4.79 Å². The third-order valence-corrected chi connectivity index (χ3v) is 4.80. The summed E-state index contributed by atoms with van der Waals surface area (Å²) in [5, 5.41) is 3.00. The molecule has 1 heterocycles. The molecule has 3 nitrogen and oxygen atoms in total. The Hall–Kier alpha value is -0.750. The highest BCUT2D eigenvalue weighted by Gasteiger charge is 2.21. The van der Waals surface area contributed by atoms with Crippen LogP contribution in [0.1, 0.15) is 19.8 Å². The van der Waals surface area contributed by atoms with Crippen LogP contribution in [0, 0.1) is 5.82 Å². The third-order valence-electron chi connectivity index (χ3n) is 3.13. The van der Waals surface area contributed by atoms with Gasteiger partial charge in [-0.15, -0.1) is 0 Å². The lowest BCUT2D eigenvalue weighted by molar-refractivity contribution is -0.128. The number of benzene rings is 1. The second kappa shape index (κ2) is 7.31. The number of rotatable bonds is 4. The molecule has 0 saturated carbocycles. The van der Waals surface area contributed by atoms with Gasteiger partial charge in [-0.25, -0.2) is 4.39 Å². The molecule has 1 atom stereocenters. The van der Waals surface area contributed by atoms with Gasteiger partial charge in [0.2, 0.25) is 0 Å². The summed E-state index contributed by atoms with van der Waals surface area (Å²) < 4.78 is 19.1. The highest BCUT2D eigenvalue weighted by Crippen LogP contribution is 2.26. The van der Waals surface area contributed by atoms with Crippen molar-refractivity contribution in [2.45, 2.75) is 31.9 Å². The predicted molar refractivity (Wildman–Crippen MR) is 82.7 cm³/mol. The van der Waals surface area contributed by atoms with Gasteiger partial charge in [-0.05, 0) is 65.4 Å². The Bertz CT molecular complexity index is 480. The Morgan fingerprint density at radius 2 is 2.20 bits per heavy atom.